The number of amides is 1. The van der Waals surface area contributed by atoms with Crippen LogP contribution in [0.4, 0.5) is 0 Å². The summed E-state index contributed by atoms with van der Waals surface area (Å²) in [5, 5.41) is 2.82. The van der Waals surface area contributed by atoms with Gasteiger partial charge in [-0.15, -0.1) is 0 Å². The van der Waals surface area contributed by atoms with Crippen LogP contribution < -0.4 is 14.8 Å². The molecule has 0 unspecified atom stereocenters. The molecule has 0 radical (unpaired) electrons. The number of hydrogen-bond acceptors (Lipinski definition) is 5. The lowest BCUT2D eigenvalue weighted by molar-refractivity contribution is 0.0950. The number of piperidine rings is 1. The fourth-order valence-electron chi connectivity index (χ4n) is 3.39. The van der Waals surface area contributed by atoms with Crippen molar-refractivity contribution in [3.8, 4) is 11.5 Å². The molecule has 0 bridgehead atoms. The number of nitrogens with zero attached hydrogens (tertiary/aromatic N) is 1. The average Bonchev–Trinajstić information content (AvgIpc) is 2.77. The molecule has 8 heteroatoms. The minimum absolute atomic E-state index is 0.0202. The van der Waals surface area contributed by atoms with Crippen molar-refractivity contribution in [2.24, 2.45) is 0 Å². The van der Waals surface area contributed by atoms with E-state index in [1.165, 1.54) is 23.5 Å². The van der Waals surface area contributed by atoms with Crippen LogP contribution in [0, 0.1) is 0 Å². The molecule has 1 saturated heterocycles. The van der Waals surface area contributed by atoms with Gasteiger partial charge in [0.25, 0.3) is 5.91 Å². The van der Waals surface area contributed by atoms with Gasteiger partial charge in [0.1, 0.15) is 16.4 Å². The fraction of sp³-hybridized carbons (Fsp3) is 0.381. The van der Waals surface area contributed by atoms with Gasteiger partial charge in [-0.2, -0.15) is 4.31 Å². The number of methoxy groups -OCH3 is 2. The van der Waals surface area contributed by atoms with Crippen LogP contribution in [0.25, 0.3) is 0 Å². The van der Waals surface area contributed by atoms with Crippen LogP contribution in [-0.2, 0) is 16.6 Å². The Bertz CT molecular complexity index is 969. The molecule has 1 fully saturated rings. The van der Waals surface area contributed by atoms with Gasteiger partial charge in [-0.3, -0.25) is 4.79 Å². The Morgan fingerprint density at radius 2 is 1.69 bits per heavy atom. The molecule has 2 aromatic rings. The predicted molar refractivity (Wildman–Crippen MR) is 110 cm³/mol. The third-order valence-electron chi connectivity index (χ3n) is 4.99. The highest BCUT2D eigenvalue weighted by Crippen LogP contribution is 2.29. The maximum atomic E-state index is 13.1. The summed E-state index contributed by atoms with van der Waals surface area (Å²) in [4.78, 5) is 12.7. The van der Waals surface area contributed by atoms with Crippen molar-refractivity contribution in [2.75, 3.05) is 27.3 Å². The van der Waals surface area contributed by atoms with Gasteiger partial charge in [0, 0.05) is 30.8 Å². The Hall–Kier alpha value is -2.58. The summed E-state index contributed by atoms with van der Waals surface area (Å²) in [5.74, 6) is 0.543. The second-order valence-electron chi connectivity index (χ2n) is 6.82. The largest absolute Gasteiger partial charge is 0.496 e. The summed E-state index contributed by atoms with van der Waals surface area (Å²) in [6, 6.07) is 11.9. The molecule has 2 aromatic carbocycles. The molecule has 1 aliphatic rings. The van der Waals surface area contributed by atoms with Gasteiger partial charge in [-0.05, 0) is 37.1 Å². The van der Waals surface area contributed by atoms with E-state index in [1.54, 1.807) is 13.2 Å². The molecule has 0 spiro atoms. The van der Waals surface area contributed by atoms with E-state index >= 15 is 0 Å². The normalized spacial score (nSPS) is 15.0. The number of sulfonamides is 1. The third kappa shape index (κ3) is 4.71. The van der Waals surface area contributed by atoms with Crippen molar-refractivity contribution in [3.63, 3.8) is 0 Å². The van der Waals surface area contributed by atoms with Gasteiger partial charge in [0.15, 0.2) is 0 Å². The summed E-state index contributed by atoms with van der Waals surface area (Å²) in [6.45, 7) is 1.23. The molecule has 1 amide bonds. The summed E-state index contributed by atoms with van der Waals surface area (Å²) in [7, 11) is -0.736. The molecule has 0 aliphatic carbocycles. The van der Waals surface area contributed by atoms with Crippen LogP contribution in [0.1, 0.15) is 35.2 Å². The maximum Gasteiger partial charge on any atom is 0.251 e. The maximum absolute atomic E-state index is 13.1. The summed E-state index contributed by atoms with van der Waals surface area (Å²) < 4.78 is 38.2. The van der Waals surface area contributed by atoms with E-state index in [0.717, 1.165) is 24.8 Å². The number of hydrogen-bond donors (Lipinski definition) is 1. The molecule has 1 heterocycles. The predicted octanol–water partition coefficient (Wildman–Crippen LogP) is 2.81. The SMILES string of the molecule is COc1ccccc1CNC(=O)c1ccc(OC)c(S(=O)(=O)N2CCCCC2)c1. The summed E-state index contributed by atoms with van der Waals surface area (Å²) in [5.41, 5.74) is 1.09. The lowest BCUT2D eigenvalue weighted by Crippen LogP contribution is -2.36. The molecule has 0 saturated carbocycles. The Labute approximate surface area is 171 Å². The van der Waals surface area contributed by atoms with Crippen molar-refractivity contribution < 1.29 is 22.7 Å². The lowest BCUT2D eigenvalue weighted by atomic mass is 10.1. The Morgan fingerprint density at radius 1 is 1.00 bits per heavy atom. The number of carbonyl (C=O) groups excluding carboxylic acids is 1. The van der Waals surface area contributed by atoms with Gasteiger partial charge >= 0.3 is 0 Å². The highest BCUT2D eigenvalue weighted by molar-refractivity contribution is 7.89. The zero-order valence-electron chi connectivity index (χ0n) is 16.7. The molecular weight excluding hydrogens is 392 g/mol. The third-order valence-corrected chi connectivity index (χ3v) is 6.91. The standard InChI is InChI=1S/C21H26N2O5S/c1-27-18-9-5-4-8-17(18)15-22-21(24)16-10-11-19(28-2)20(14-16)29(25,26)23-12-6-3-7-13-23/h4-5,8-11,14H,3,6-7,12-13,15H2,1-2H3,(H,22,24). The van der Waals surface area contributed by atoms with Crippen molar-refractivity contribution in [1.29, 1.82) is 0 Å². The van der Waals surface area contributed by atoms with Gasteiger partial charge < -0.3 is 14.8 Å². The zero-order chi connectivity index (χ0) is 20.9. The van der Waals surface area contributed by atoms with E-state index in [-0.39, 0.29) is 28.7 Å². The monoisotopic (exact) mass is 418 g/mol. The van der Waals surface area contributed by atoms with Gasteiger partial charge in [-0.1, -0.05) is 24.6 Å². The number of nitrogens with one attached hydrogen (secondary N) is 1. The molecular formula is C21H26N2O5S. The highest BCUT2D eigenvalue weighted by Gasteiger charge is 2.29. The van der Waals surface area contributed by atoms with E-state index in [9.17, 15) is 13.2 Å². The van der Waals surface area contributed by atoms with Crippen LogP contribution in [0.3, 0.4) is 0 Å². The van der Waals surface area contributed by atoms with Crippen molar-refractivity contribution in [3.05, 3.63) is 53.6 Å². The molecule has 156 valence electrons. The van der Waals surface area contributed by atoms with Crippen LogP contribution in [0.2, 0.25) is 0 Å². The second kappa shape index (κ2) is 9.28. The Morgan fingerprint density at radius 3 is 2.38 bits per heavy atom. The number of ether oxygens (including phenoxy) is 2. The minimum Gasteiger partial charge on any atom is -0.496 e. The molecule has 7 nitrogen and oxygen atoms in total. The topological polar surface area (TPSA) is 84.9 Å². The first kappa shape index (κ1) is 21.1. The number of para-hydroxylation sites is 1. The van der Waals surface area contributed by atoms with Crippen LogP contribution in [-0.4, -0.2) is 45.9 Å². The average molecular weight is 419 g/mol. The van der Waals surface area contributed by atoms with Crippen molar-refractivity contribution in [1.82, 2.24) is 9.62 Å². The molecule has 0 atom stereocenters. The first-order valence-electron chi connectivity index (χ1n) is 9.55. The Kier molecular flexibility index (Phi) is 6.76. The molecule has 3 rings (SSSR count). The lowest BCUT2D eigenvalue weighted by Gasteiger charge is -2.26. The summed E-state index contributed by atoms with van der Waals surface area (Å²) >= 11 is 0. The van der Waals surface area contributed by atoms with E-state index in [0.29, 0.717) is 18.8 Å². The minimum atomic E-state index is -3.73. The van der Waals surface area contributed by atoms with Crippen molar-refractivity contribution in [2.45, 2.75) is 30.7 Å². The van der Waals surface area contributed by atoms with E-state index in [4.69, 9.17) is 9.47 Å². The van der Waals surface area contributed by atoms with Crippen LogP contribution in [0.15, 0.2) is 47.4 Å². The Balaban J connectivity index is 1.83. The van der Waals surface area contributed by atoms with E-state index < -0.39 is 10.0 Å². The van der Waals surface area contributed by atoms with Gasteiger partial charge in [0.05, 0.1) is 14.2 Å². The molecule has 0 aromatic heterocycles. The summed E-state index contributed by atoms with van der Waals surface area (Å²) in [6.07, 6.45) is 2.69. The van der Waals surface area contributed by atoms with Crippen LogP contribution in [0.5, 0.6) is 11.5 Å². The van der Waals surface area contributed by atoms with E-state index in [2.05, 4.69) is 5.32 Å². The molecule has 1 aliphatic heterocycles. The fourth-order valence-corrected chi connectivity index (χ4v) is 5.09. The second-order valence-corrected chi connectivity index (χ2v) is 8.73. The number of benzene rings is 2. The zero-order valence-corrected chi connectivity index (χ0v) is 17.5. The first-order valence-corrected chi connectivity index (χ1v) is 11.0. The highest BCUT2D eigenvalue weighted by atomic mass is 32.2. The van der Waals surface area contributed by atoms with E-state index in [1.807, 2.05) is 24.3 Å². The quantitative estimate of drug-likeness (QED) is 0.747. The molecule has 1 N–H and O–H groups in total. The van der Waals surface area contributed by atoms with Crippen molar-refractivity contribution >= 4 is 15.9 Å². The van der Waals surface area contributed by atoms with Gasteiger partial charge in [0.2, 0.25) is 10.0 Å². The smallest absolute Gasteiger partial charge is 0.251 e. The van der Waals surface area contributed by atoms with Crippen LogP contribution >= 0.6 is 0 Å². The number of rotatable bonds is 7. The van der Waals surface area contributed by atoms with Gasteiger partial charge in [-0.25, -0.2) is 8.42 Å². The number of carbonyl (C=O) groups is 1. The first-order chi connectivity index (χ1) is 14.0. The molecule has 29 heavy (non-hydrogen) atoms.